The Kier molecular flexibility index (Phi) is 6.72. The monoisotopic (exact) mass is 370 g/mol. The molecule has 2 aliphatic rings. The van der Waals surface area contributed by atoms with Gasteiger partial charge in [0.15, 0.2) is 12.6 Å². The normalized spacial score (nSPS) is 30.8. The average molecular weight is 371 g/mol. The van der Waals surface area contributed by atoms with Crippen LogP contribution in [0.1, 0.15) is 11.1 Å². The molecule has 2 fully saturated rings. The summed E-state index contributed by atoms with van der Waals surface area (Å²) < 4.78 is 22.1. The molecule has 0 amide bonds. The highest BCUT2D eigenvalue weighted by molar-refractivity contribution is 6.18. The average Bonchev–Trinajstić information content (AvgIpc) is 3.28. The highest BCUT2D eigenvalue weighted by atomic mass is 35.5. The third-order valence-corrected chi connectivity index (χ3v) is 4.41. The summed E-state index contributed by atoms with van der Waals surface area (Å²) in [6.45, 7) is 1.08. The number of hydrogen-bond donors (Lipinski definition) is 0. The Morgan fingerprint density at radius 2 is 1.21 bits per heavy atom. The Bertz CT molecular complexity index is 522. The molecule has 4 nitrogen and oxygen atoms in total. The van der Waals surface area contributed by atoms with Gasteiger partial charge in [0.25, 0.3) is 0 Å². The first kappa shape index (κ1) is 17.9. The van der Waals surface area contributed by atoms with Gasteiger partial charge in [-0.3, -0.25) is 0 Å². The molecule has 4 unspecified atom stereocenters. The lowest BCUT2D eigenvalue weighted by Crippen LogP contribution is -2.12. The molecule has 0 radical (unpaired) electrons. The van der Waals surface area contributed by atoms with E-state index in [-0.39, 0.29) is 24.8 Å². The number of rotatable bonds is 6. The molecule has 2 aliphatic heterocycles. The highest BCUT2D eigenvalue weighted by Gasteiger charge is 2.23. The summed E-state index contributed by atoms with van der Waals surface area (Å²) >= 11 is 11.5. The molecule has 4 atom stereocenters. The van der Waals surface area contributed by atoms with Gasteiger partial charge < -0.3 is 18.9 Å². The summed E-state index contributed by atoms with van der Waals surface area (Å²) in [7, 11) is 0. The maximum Gasteiger partial charge on any atom is 0.177 e. The van der Waals surface area contributed by atoms with Gasteiger partial charge in [-0.05, 0) is 23.3 Å². The van der Waals surface area contributed by atoms with Gasteiger partial charge in [-0.15, -0.1) is 23.2 Å². The number of hydrogen-bond acceptors (Lipinski definition) is 4. The molecule has 3 rings (SSSR count). The maximum absolute atomic E-state index is 5.74. The Hall–Kier alpha value is -0.880. The molecule has 1 aromatic rings. The second-order valence-corrected chi connectivity index (χ2v) is 6.23. The van der Waals surface area contributed by atoms with Gasteiger partial charge in [-0.2, -0.15) is 0 Å². The first-order valence-corrected chi connectivity index (χ1v) is 8.96. The van der Waals surface area contributed by atoms with E-state index < -0.39 is 0 Å². The molecule has 6 heteroatoms. The van der Waals surface area contributed by atoms with Crippen molar-refractivity contribution in [1.29, 1.82) is 0 Å². The van der Waals surface area contributed by atoms with Crippen LogP contribution in [0.4, 0.5) is 0 Å². The molecular formula is C18H20Cl2O4. The molecule has 2 saturated heterocycles. The van der Waals surface area contributed by atoms with Gasteiger partial charge in [-0.25, -0.2) is 0 Å². The smallest absolute Gasteiger partial charge is 0.177 e. The maximum atomic E-state index is 5.74. The van der Waals surface area contributed by atoms with Gasteiger partial charge in [-0.1, -0.05) is 36.4 Å². The molecule has 0 bridgehead atoms. The SMILES string of the molecule is ClCC1COC(C=Cc2ccc(C=CC3OCC(CCl)O3)cc2)O1. The number of benzene rings is 1. The van der Waals surface area contributed by atoms with Gasteiger partial charge in [0, 0.05) is 0 Å². The van der Waals surface area contributed by atoms with Gasteiger partial charge in [0.2, 0.25) is 0 Å². The van der Waals surface area contributed by atoms with E-state index in [4.69, 9.17) is 42.1 Å². The predicted octanol–water partition coefficient (Wildman–Crippen LogP) is 3.67. The van der Waals surface area contributed by atoms with Crippen molar-refractivity contribution in [2.75, 3.05) is 25.0 Å². The first-order chi connectivity index (χ1) is 11.8. The Morgan fingerprint density at radius 1 is 0.792 bits per heavy atom. The Labute approximate surface area is 151 Å². The topological polar surface area (TPSA) is 36.9 Å². The molecule has 24 heavy (non-hydrogen) atoms. The minimum atomic E-state index is -0.320. The van der Waals surface area contributed by atoms with E-state index in [1.807, 2.05) is 48.6 Å². The number of halogens is 2. The summed E-state index contributed by atoms with van der Waals surface area (Å²) in [6, 6.07) is 8.12. The van der Waals surface area contributed by atoms with Crippen LogP contribution in [0.3, 0.4) is 0 Å². The van der Waals surface area contributed by atoms with E-state index in [1.165, 1.54) is 0 Å². The van der Waals surface area contributed by atoms with Crippen LogP contribution in [0.2, 0.25) is 0 Å². The summed E-state index contributed by atoms with van der Waals surface area (Å²) in [5.74, 6) is 0.900. The molecule has 0 aliphatic carbocycles. The Morgan fingerprint density at radius 3 is 1.54 bits per heavy atom. The van der Waals surface area contributed by atoms with Gasteiger partial charge in [0.05, 0.1) is 37.2 Å². The second kappa shape index (κ2) is 8.99. The summed E-state index contributed by atoms with van der Waals surface area (Å²) in [4.78, 5) is 0. The lowest BCUT2D eigenvalue weighted by molar-refractivity contribution is -0.0152. The van der Waals surface area contributed by atoms with Crippen LogP contribution in [0.15, 0.2) is 36.4 Å². The molecule has 0 spiro atoms. The minimum absolute atomic E-state index is 0.0211. The molecule has 130 valence electrons. The van der Waals surface area contributed by atoms with Crippen molar-refractivity contribution in [1.82, 2.24) is 0 Å². The fourth-order valence-electron chi connectivity index (χ4n) is 2.40. The largest absolute Gasteiger partial charge is 0.346 e. The zero-order chi connectivity index (χ0) is 16.8. The van der Waals surface area contributed by atoms with Gasteiger partial charge >= 0.3 is 0 Å². The third-order valence-electron chi connectivity index (χ3n) is 3.72. The van der Waals surface area contributed by atoms with E-state index in [2.05, 4.69) is 0 Å². The second-order valence-electron chi connectivity index (χ2n) is 5.61. The van der Waals surface area contributed by atoms with Crippen molar-refractivity contribution in [3.8, 4) is 0 Å². The fraction of sp³-hybridized carbons (Fsp3) is 0.444. The number of ether oxygens (including phenoxy) is 4. The van der Waals surface area contributed by atoms with E-state index in [9.17, 15) is 0 Å². The van der Waals surface area contributed by atoms with Crippen molar-refractivity contribution in [2.45, 2.75) is 24.8 Å². The first-order valence-electron chi connectivity index (χ1n) is 7.89. The van der Waals surface area contributed by atoms with Crippen LogP contribution in [-0.2, 0) is 18.9 Å². The van der Waals surface area contributed by atoms with E-state index >= 15 is 0 Å². The zero-order valence-corrected chi connectivity index (χ0v) is 14.7. The van der Waals surface area contributed by atoms with Crippen molar-refractivity contribution < 1.29 is 18.9 Å². The highest BCUT2D eigenvalue weighted by Crippen LogP contribution is 2.17. The quantitative estimate of drug-likeness (QED) is 0.715. The van der Waals surface area contributed by atoms with Crippen molar-refractivity contribution in [3.63, 3.8) is 0 Å². The number of alkyl halides is 2. The zero-order valence-electron chi connectivity index (χ0n) is 13.1. The summed E-state index contributed by atoms with van der Waals surface area (Å²) in [6.07, 6.45) is 7.05. The van der Waals surface area contributed by atoms with Crippen LogP contribution in [0.5, 0.6) is 0 Å². The van der Waals surface area contributed by atoms with Crippen LogP contribution >= 0.6 is 23.2 Å². The van der Waals surface area contributed by atoms with E-state index in [0.29, 0.717) is 25.0 Å². The molecule has 1 aromatic carbocycles. The van der Waals surface area contributed by atoms with Crippen molar-refractivity contribution in [2.24, 2.45) is 0 Å². The molecular weight excluding hydrogens is 351 g/mol. The van der Waals surface area contributed by atoms with Crippen molar-refractivity contribution in [3.05, 3.63) is 47.5 Å². The molecule has 0 aromatic heterocycles. The fourth-order valence-corrected chi connectivity index (χ4v) is 2.73. The van der Waals surface area contributed by atoms with Crippen molar-refractivity contribution >= 4 is 35.4 Å². The van der Waals surface area contributed by atoms with Crippen LogP contribution in [0, 0.1) is 0 Å². The minimum Gasteiger partial charge on any atom is -0.346 e. The summed E-state index contributed by atoms with van der Waals surface area (Å²) in [5.41, 5.74) is 2.15. The van der Waals surface area contributed by atoms with E-state index in [0.717, 1.165) is 11.1 Å². The molecule has 0 saturated carbocycles. The lowest BCUT2D eigenvalue weighted by atomic mass is 10.1. The summed E-state index contributed by atoms with van der Waals surface area (Å²) in [5, 5.41) is 0. The standard InChI is InChI=1S/C18H20Cl2O4/c19-9-15-11-21-17(23-15)7-5-13-1-2-14(4-3-13)6-8-18-22-12-16(10-20)24-18/h1-8,15-18H,9-12H2. The lowest BCUT2D eigenvalue weighted by Gasteiger charge is -2.05. The van der Waals surface area contributed by atoms with E-state index in [1.54, 1.807) is 0 Å². The molecule has 2 heterocycles. The van der Waals surface area contributed by atoms with Gasteiger partial charge in [0.1, 0.15) is 0 Å². The molecule has 0 N–H and O–H groups in total. The van der Waals surface area contributed by atoms with Crippen LogP contribution in [0.25, 0.3) is 12.2 Å². The van der Waals surface area contributed by atoms with Crippen LogP contribution in [-0.4, -0.2) is 49.8 Å². The Balaban J connectivity index is 1.50. The predicted molar refractivity (Wildman–Crippen MR) is 95.2 cm³/mol. The third kappa shape index (κ3) is 5.06. The van der Waals surface area contributed by atoms with Crippen LogP contribution < -0.4 is 0 Å².